The highest BCUT2D eigenvalue weighted by molar-refractivity contribution is 6.13. The van der Waals surface area contributed by atoms with Gasteiger partial charge < -0.3 is 4.42 Å². The van der Waals surface area contributed by atoms with Gasteiger partial charge in [0.25, 0.3) is 11.6 Å². The van der Waals surface area contributed by atoms with E-state index in [0.29, 0.717) is 5.82 Å². The normalized spacial score (nSPS) is 11.5. The van der Waals surface area contributed by atoms with E-state index in [1.807, 2.05) is 36.4 Å². The van der Waals surface area contributed by atoms with E-state index in [1.165, 1.54) is 27.1 Å². The molecule has 0 fully saturated rings. The molecule has 0 saturated carbocycles. The first kappa shape index (κ1) is 29.0. The molecule has 0 aliphatic carbocycles. The number of hydrogen-bond donors (Lipinski definition) is 0. The number of hydrogen-bond acceptors (Lipinski definition) is 3. The molecule has 1 N–H and O–H groups in total. The van der Waals surface area contributed by atoms with Gasteiger partial charge in [-0.2, -0.15) is 0 Å². The molecule has 51 heavy (non-hydrogen) atoms. The molecular weight excluding hydrogens is 623 g/mol. The summed E-state index contributed by atoms with van der Waals surface area (Å²) in [6, 6.07) is 61.4. The zero-order chi connectivity index (χ0) is 33.7. The van der Waals surface area contributed by atoms with Crippen LogP contribution in [0.3, 0.4) is 0 Å². The van der Waals surface area contributed by atoms with E-state index in [9.17, 15) is 0 Å². The van der Waals surface area contributed by atoms with E-state index in [2.05, 4.69) is 145 Å². The van der Waals surface area contributed by atoms with Crippen LogP contribution in [0.4, 0.5) is 0 Å². The van der Waals surface area contributed by atoms with Gasteiger partial charge >= 0.3 is 5.82 Å². The van der Waals surface area contributed by atoms with Gasteiger partial charge in [0.05, 0.1) is 16.7 Å². The molecule has 2 heterocycles. The molecule has 4 nitrogen and oxygen atoms in total. The average Bonchev–Trinajstić information content (AvgIpc) is 3.59. The van der Waals surface area contributed by atoms with Gasteiger partial charge in [-0.3, -0.25) is 0 Å². The Kier molecular flexibility index (Phi) is 6.78. The van der Waals surface area contributed by atoms with Crippen molar-refractivity contribution >= 4 is 43.5 Å². The summed E-state index contributed by atoms with van der Waals surface area (Å²) in [4.78, 5) is 13.8. The van der Waals surface area contributed by atoms with Crippen molar-refractivity contribution in [2.75, 3.05) is 0 Å². The van der Waals surface area contributed by atoms with E-state index < -0.39 is 0 Å². The van der Waals surface area contributed by atoms with Crippen LogP contribution in [0.1, 0.15) is 0 Å². The summed E-state index contributed by atoms with van der Waals surface area (Å²) in [7, 11) is 0. The third kappa shape index (κ3) is 5.13. The van der Waals surface area contributed by atoms with Crippen molar-refractivity contribution in [1.82, 2.24) is 9.97 Å². The standard InChI is InChI=1S/C47H29N3O/c1-3-10-30(11-4-1)31-18-21-34(22-19-31)46-48-45(33-13-5-2-6-14-33)49-47(50-46)40-16-9-17-43-44(40)41-29-36(25-27-42(41)51-43)35-24-26-39-37(28-35)23-20-32-12-7-8-15-38(32)39/h1-29H/p+1. The lowest BCUT2D eigenvalue weighted by Gasteiger charge is -2.08. The van der Waals surface area contributed by atoms with Crippen molar-refractivity contribution in [3.8, 4) is 56.4 Å². The minimum atomic E-state index is 0.631. The molecule has 8 aromatic carbocycles. The van der Waals surface area contributed by atoms with Gasteiger partial charge in [0.2, 0.25) is 0 Å². The molecule has 0 amide bonds. The molecule has 10 aromatic rings. The van der Waals surface area contributed by atoms with Crippen LogP contribution in [-0.4, -0.2) is 9.97 Å². The fourth-order valence-corrected chi connectivity index (χ4v) is 7.23. The van der Waals surface area contributed by atoms with Gasteiger partial charge in [-0.25, -0.2) is 4.98 Å². The molecule has 0 aliphatic rings. The van der Waals surface area contributed by atoms with Crippen molar-refractivity contribution < 1.29 is 9.40 Å². The van der Waals surface area contributed by atoms with Gasteiger partial charge in [0, 0.05) is 10.8 Å². The van der Waals surface area contributed by atoms with Crippen LogP contribution in [0.25, 0.3) is 99.9 Å². The number of benzene rings is 8. The van der Waals surface area contributed by atoms with E-state index in [0.717, 1.165) is 67.0 Å². The molecule has 0 unspecified atom stereocenters. The highest BCUT2D eigenvalue weighted by atomic mass is 16.3. The maximum Gasteiger partial charge on any atom is 0.309 e. The number of nitrogens with zero attached hydrogens (tertiary/aromatic N) is 2. The highest BCUT2D eigenvalue weighted by Crippen LogP contribution is 2.39. The van der Waals surface area contributed by atoms with Gasteiger partial charge in [-0.15, -0.1) is 0 Å². The third-order valence-corrected chi connectivity index (χ3v) is 9.80. The largest absolute Gasteiger partial charge is 0.456 e. The van der Waals surface area contributed by atoms with Gasteiger partial charge in [-0.05, 0) is 98.4 Å². The SMILES string of the molecule is c1ccc(-c2ccc(-c3nc(-c4cccc5oc6ccc(-c7ccc8c(ccc9ccccc98)c7)cc6c45)nc(-c4ccccc4)[nH+]3)cc2)cc1. The number of furan rings is 1. The van der Waals surface area contributed by atoms with Crippen LogP contribution in [-0.2, 0) is 0 Å². The predicted molar refractivity (Wildman–Crippen MR) is 208 cm³/mol. The summed E-state index contributed by atoms with van der Waals surface area (Å²) in [5, 5.41) is 7.02. The molecule has 0 radical (unpaired) electrons. The monoisotopic (exact) mass is 652 g/mol. The molecule has 2 aromatic heterocycles. The molecule has 10 rings (SSSR count). The Hall–Kier alpha value is -6.91. The molecule has 0 aliphatic heterocycles. The van der Waals surface area contributed by atoms with E-state index >= 15 is 0 Å². The lowest BCUT2D eigenvalue weighted by molar-refractivity contribution is -0.359. The lowest BCUT2D eigenvalue weighted by Crippen LogP contribution is -2.17. The van der Waals surface area contributed by atoms with Crippen LogP contribution < -0.4 is 4.98 Å². The second-order valence-electron chi connectivity index (χ2n) is 12.9. The predicted octanol–water partition coefficient (Wildman–Crippen LogP) is 11.8. The average molecular weight is 653 g/mol. The highest BCUT2D eigenvalue weighted by Gasteiger charge is 2.24. The number of aromatic amines is 1. The minimum Gasteiger partial charge on any atom is -0.456 e. The van der Waals surface area contributed by atoms with E-state index in [1.54, 1.807) is 0 Å². The quantitative estimate of drug-likeness (QED) is 0.174. The lowest BCUT2D eigenvalue weighted by atomic mass is 9.96. The molecule has 0 bridgehead atoms. The minimum absolute atomic E-state index is 0.631. The van der Waals surface area contributed by atoms with Crippen LogP contribution in [0.15, 0.2) is 180 Å². The van der Waals surface area contributed by atoms with Crippen LogP contribution in [0.2, 0.25) is 0 Å². The van der Waals surface area contributed by atoms with Crippen LogP contribution in [0.5, 0.6) is 0 Å². The second-order valence-corrected chi connectivity index (χ2v) is 12.9. The fraction of sp³-hybridized carbons (Fsp3) is 0. The smallest absolute Gasteiger partial charge is 0.309 e. The number of H-pyrrole nitrogens is 1. The first-order valence-corrected chi connectivity index (χ1v) is 17.2. The second kappa shape index (κ2) is 11.9. The number of fused-ring (bicyclic) bond motifs is 6. The van der Waals surface area contributed by atoms with Crippen LogP contribution >= 0.6 is 0 Å². The summed E-state index contributed by atoms with van der Waals surface area (Å²) in [5.74, 6) is 2.12. The van der Waals surface area contributed by atoms with Gasteiger partial charge in [-0.1, -0.05) is 131 Å². The maximum absolute atomic E-state index is 6.45. The van der Waals surface area contributed by atoms with Crippen molar-refractivity contribution in [3.63, 3.8) is 0 Å². The topological polar surface area (TPSA) is 53.1 Å². The molecule has 0 atom stereocenters. The molecule has 4 heteroatoms. The van der Waals surface area contributed by atoms with Gasteiger partial charge in [0.15, 0.2) is 0 Å². The summed E-state index contributed by atoms with van der Waals surface area (Å²) in [6.07, 6.45) is 0. The Morgan fingerprint density at radius 3 is 1.76 bits per heavy atom. The molecular formula is C47H30N3O+. The first-order valence-electron chi connectivity index (χ1n) is 17.2. The fourth-order valence-electron chi connectivity index (χ4n) is 7.23. The van der Waals surface area contributed by atoms with Crippen molar-refractivity contribution in [1.29, 1.82) is 0 Å². The molecule has 0 spiro atoms. The zero-order valence-corrected chi connectivity index (χ0v) is 27.5. The maximum atomic E-state index is 6.45. The Morgan fingerprint density at radius 2 is 0.961 bits per heavy atom. The number of rotatable bonds is 5. The van der Waals surface area contributed by atoms with E-state index in [-0.39, 0.29) is 0 Å². The van der Waals surface area contributed by atoms with Crippen LogP contribution in [0, 0.1) is 0 Å². The molecule has 0 saturated heterocycles. The summed E-state index contributed by atoms with van der Waals surface area (Å²) in [5.41, 5.74) is 9.13. The number of aromatic nitrogens is 3. The third-order valence-electron chi connectivity index (χ3n) is 9.80. The first-order chi connectivity index (χ1) is 25.2. The Bertz CT molecular complexity index is 2900. The number of nitrogens with one attached hydrogen (secondary N) is 1. The van der Waals surface area contributed by atoms with Gasteiger partial charge in [0.1, 0.15) is 11.2 Å². The van der Waals surface area contributed by atoms with E-state index in [4.69, 9.17) is 14.4 Å². The summed E-state index contributed by atoms with van der Waals surface area (Å²) < 4.78 is 6.45. The Labute approximate surface area is 294 Å². The Morgan fingerprint density at radius 1 is 0.373 bits per heavy atom. The summed E-state index contributed by atoms with van der Waals surface area (Å²) >= 11 is 0. The summed E-state index contributed by atoms with van der Waals surface area (Å²) in [6.45, 7) is 0. The van der Waals surface area contributed by atoms with Crippen molar-refractivity contribution in [3.05, 3.63) is 176 Å². The van der Waals surface area contributed by atoms with Crippen molar-refractivity contribution in [2.24, 2.45) is 0 Å². The Balaban J connectivity index is 1.13. The van der Waals surface area contributed by atoms with Crippen molar-refractivity contribution in [2.45, 2.75) is 0 Å². The molecule has 238 valence electrons. The zero-order valence-electron chi connectivity index (χ0n) is 27.5.